The van der Waals surface area contributed by atoms with Crippen molar-refractivity contribution in [3.8, 4) is 0 Å². The number of likely N-dealkylation sites (tertiary alicyclic amines) is 1. The summed E-state index contributed by atoms with van der Waals surface area (Å²) in [4.78, 5) is 6.75. The van der Waals surface area contributed by atoms with Crippen LogP contribution in [-0.2, 0) is 6.54 Å². The van der Waals surface area contributed by atoms with E-state index in [0.29, 0.717) is 10.1 Å². The predicted octanol–water partition coefficient (Wildman–Crippen LogP) is 2.67. The molecule has 9 heteroatoms. The maximum absolute atomic E-state index is 8.15. The van der Waals surface area contributed by atoms with Crippen LogP contribution in [0.25, 0.3) is 5.52 Å². The van der Waals surface area contributed by atoms with Crippen molar-refractivity contribution in [3.63, 3.8) is 0 Å². The quantitative estimate of drug-likeness (QED) is 0.390. The lowest BCUT2D eigenvalue weighted by atomic mass is 10.1. The molecule has 3 aromatic rings. The van der Waals surface area contributed by atoms with Crippen LogP contribution in [-0.4, -0.2) is 48.7 Å². The molecular weight excluding hydrogens is 372 g/mol. The molecule has 144 valence electrons. The number of fused-ring (bicyclic) bond motifs is 1. The number of aromatic nitrogens is 3. The van der Waals surface area contributed by atoms with Gasteiger partial charge in [-0.2, -0.15) is 5.10 Å². The van der Waals surface area contributed by atoms with Crippen LogP contribution in [0.15, 0.2) is 42.9 Å². The number of nitrogens with zero attached hydrogens (tertiary/aromatic N) is 4. The van der Waals surface area contributed by atoms with Gasteiger partial charge in [0.25, 0.3) is 0 Å². The van der Waals surface area contributed by atoms with Crippen molar-refractivity contribution in [1.82, 2.24) is 19.5 Å². The Kier molecular flexibility index (Phi) is 5.12. The van der Waals surface area contributed by atoms with Crippen molar-refractivity contribution < 1.29 is 0 Å². The number of nitrogens with two attached hydrogens (primary N) is 1. The Bertz CT molecular complexity index is 1040. The van der Waals surface area contributed by atoms with E-state index in [1.54, 1.807) is 6.92 Å². The highest BCUT2D eigenvalue weighted by Crippen LogP contribution is 2.26. The molecule has 2 aromatic heterocycles. The minimum Gasteiger partial charge on any atom is -0.338 e. The molecule has 28 heavy (non-hydrogen) atoms. The second-order valence-corrected chi connectivity index (χ2v) is 8.11. The van der Waals surface area contributed by atoms with Gasteiger partial charge in [-0.05, 0) is 30.7 Å². The van der Waals surface area contributed by atoms with E-state index < -0.39 is 0 Å². The first kappa shape index (κ1) is 18.6. The molecule has 0 bridgehead atoms. The molecule has 8 nitrogen and oxygen atoms in total. The van der Waals surface area contributed by atoms with Gasteiger partial charge < -0.3 is 11.1 Å². The van der Waals surface area contributed by atoms with Crippen LogP contribution in [0.2, 0.25) is 0 Å². The highest BCUT2D eigenvalue weighted by Gasteiger charge is 2.24. The van der Waals surface area contributed by atoms with E-state index in [4.69, 9.17) is 16.6 Å². The zero-order valence-corrected chi connectivity index (χ0v) is 16.3. The number of hydrogen-bond acceptors (Lipinski definition) is 8. The number of rotatable bonds is 5. The Morgan fingerprint density at radius 1 is 1.32 bits per heavy atom. The first-order chi connectivity index (χ1) is 13.5. The van der Waals surface area contributed by atoms with Gasteiger partial charge in [-0.15, -0.1) is 0 Å². The van der Waals surface area contributed by atoms with Crippen molar-refractivity contribution >= 4 is 38.9 Å². The third-order valence-electron chi connectivity index (χ3n) is 4.56. The van der Waals surface area contributed by atoms with E-state index in [1.807, 2.05) is 35.0 Å². The van der Waals surface area contributed by atoms with Crippen molar-refractivity contribution in [1.29, 1.82) is 10.8 Å². The standard InChI is InChI=1S/C19H22N8S/c1-12(20)28-18(22)13-3-2-4-16(7-13)25-19-17-14(8-26-9-15(21)10-26)5-6-27(17)24-11-23-19/h2-7,11,15,20,22H,8-10,21H2,1H3,(H,23,24,25). The second kappa shape index (κ2) is 7.70. The molecule has 1 aliphatic rings. The first-order valence-corrected chi connectivity index (χ1v) is 9.79. The Hall–Kier alpha value is -2.75. The maximum atomic E-state index is 8.15. The van der Waals surface area contributed by atoms with Crippen molar-refractivity contribution in [2.75, 3.05) is 18.4 Å². The van der Waals surface area contributed by atoms with E-state index in [1.165, 1.54) is 6.33 Å². The first-order valence-electron chi connectivity index (χ1n) is 8.98. The number of benzene rings is 1. The average molecular weight is 395 g/mol. The minimum atomic E-state index is 0.267. The molecule has 0 atom stereocenters. The molecule has 3 heterocycles. The van der Waals surface area contributed by atoms with Gasteiger partial charge in [0.05, 0.1) is 5.04 Å². The van der Waals surface area contributed by atoms with Crippen LogP contribution in [0.3, 0.4) is 0 Å². The van der Waals surface area contributed by atoms with Crippen LogP contribution < -0.4 is 11.1 Å². The summed E-state index contributed by atoms with van der Waals surface area (Å²) in [5.74, 6) is 0.722. The van der Waals surface area contributed by atoms with E-state index in [2.05, 4.69) is 26.4 Å². The fraction of sp³-hybridized carbons (Fsp3) is 0.263. The van der Waals surface area contributed by atoms with Crippen molar-refractivity contribution in [2.24, 2.45) is 5.73 Å². The van der Waals surface area contributed by atoms with Gasteiger partial charge in [-0.3, -0.25) is 15.7 Å². The lowest BCUT2D eigenvalue weighted by Gasteiger charge is -2.36. The summed E-state index contributed by atoms with van der Waals surface area (Å²) < 4.78 is 1.82. The summed E-state index contributed by atoms with van der Waals surface area (Å²) in [6.45, 7) is 4.30. The van der Waals surface area contributed by atoms with E-state index in [0.717, 1.165) is 59.5 Å². The molecule has 0 aliphatic carbocycles. The Labute approximate surface area is 167 Å². The Balaban J connectivity index is 1.60. The van der Waals surface area contributed by atoms with Crippen LogP contribution in [0.4, 0.5) is 11.5 Å². The van der Waals surface area contributed by atoms with E-state index >= 15 is 0 Å². The zero-order chi connectivity index (χ0) is 19.7. The summed E-state index contributed by atoms with van der Waals surface area (Å²) >= 11 is 1.14. The van der Waals surface area contributed by atoms with Gasteiger partial charge in [-0.1, -0.05) is 23.9 Å². The van der Waals surface area contributed by atoms with Crippen LogP contribution in [0.1, 0.15) is 18.1 Å². The molecule has 1 saturated heterocycles. The largest absolute Gasteiger partial charge is 0.338 e. The fourth-order valence-electron chi connectivity index (χ4n) is 3.30. The number of thioether (sulfide) groups is 1. The van der Waals surface area contributed by atoms with Gasteiger partial charge in [-0.25, -0.2) is 9.50 Å². The maximum Gasteiger partial charge on any atom is 0.158 e. The highest BCUT2D eigenvalue weighted by molar-refractivity contribution is 8.26. The van der Waals surface area contributed by atoms with Gasteiger partial charge in [0, 0.05) is 43.1 Å². The third-order valence-corrected chi connectivity index (χ3v) is 5.31. The van der Waals surface area contributed by atoms with Crippen LogP contribution in [0, 0.1) is 10.8 Å². The summed E-state index contributed by atoms with van der Waals surface area (Å²) in [5.41, 5.74) is 9.58. The monoisotopic (exact) mass is 394 g/mol. The van der Waals surface area contributed by atoms with Gasteiger partial charge in [0.15, 0.2) is 5.82 Å². The Morgan fingerprint density at radius 2 is 2.14 bits per heavy atom. The number of nitrogens with one attached hydrogen (secondary N) is 3. The molecule has 1 fully saturated rings. The lowest BCUT2D eigenvalue weighted by Crippen LogP contribution is -2.54. The topological polar surface area (TPSA) is 119 Å². The normalized spacial score (nSPS) is 14.8. The van der Waals surface area contributed by atoms with E-state index in [9.17, 15) is 0 Å². The van der Waals surface area contributed by atoms with Gasteiger partial charge in [0.1, 0.15) is 16.9 Å². The van der Waals surface area contributed by atoms with Crippen molar-refractivity contribution in [3.05, 3.63) is 54.0 Å². The molecule has 0 unspecified atom stereocenters. The minimum absolute atomic E-state index is 0.267. The summed E-state index contributed by atoms with van der Waals surface area (Å²) in [6.07, 6.45) is 3.46. The predicted molar refractivity (Wildman–Crippen MR) is 114 cm³/mol. The summed E-state index contributed by atoms with van der Waals surface area (Å²) in [5, 5.41) is 24.1. The number of hydrogen-bond donors (Lipinski definition) is 4. The third kappa shape index (κ3) is 3.91. The molecule has 0 radical (unpaired) electrons. The molecule has 4 rings (SSSR count). The molecule has 0 spiro atoms. The van der Waals surface area contributed by atoms with Crippen LogP contribution >= 0.6 is 11.8 Å². The SMILES string of the molecule is CC(=N)SC(=N)c1cccc(Nc2ncnn3ccc(CN4CC(N)C4)c23)c1. The average Bonchev–Trinajstić information content (AvgIpc) is 3.04. The lowest BCUT2D eigenvalue weighted by molar-refractivity contribution is 0.143. The molecule has 5 N–H and O–H groups in total. The van der Waals surface area contributed by atoms with Crippen molar-refractivity contribution in [2.45, 2.75) is 19.5 Å². The highest BCUT2D eigenvalue weighted by atomic mass is 32.2. The fourth-order valence-corrected chi connectivity index (χ4v) is 3.86. The summed E-state index contributed by atoms with van der Waals surface area (Å²) in [6, 6.07) is 9.93. The second-order valence-electron chi connectivity index (χ2n) is 6.89. The Morgan fingerprint density at radius 3 is 2.89 bits per heavy atom. The van der Waals surface area contributed by atoms with Gasteiger partial charge >= 0.3 is 0 Å². The number of anilines is 2. The molecular formula is C19H22N8S. The zero-order valence-electron chi connectivity index (χ0n) is 15.5. The smallest absolute Gasteiger partial charge is 0.158 e. The molecule has 0 amide bonds. The molecule has 1 aliphatic heterocycles. The molecule has 0 saturated carbocycles. The van der Waals surface area contributed by atoms with Gasteiger partial charge in [0.2, 0.25) is 0 Å². The van der Waals surface area contributed by atoms with Crippen LogP contribution in [0.5, 0.6) is 0 Å². The van der Waals surface area contributed by atoms with E-state index in [-0.39, 0.29) is 6.04 Å². The molecule has 1 aromatic carbocycles. The summed E-state index contributed by atoms with van der Waals surface area (Å²) in [7, 11) is 0.